The first kappa shape index (κ1) is 34.1. The lowest BCUT2D eigenvalue weighted by atomic mass is 9.96. The molecule has 0 saturated carbocycles. The minimum atomic E-state index is -1.17. The van der Waals surface area contributed by atoms with Gasteiger partial charge in [0.05, 0.1) is 12.2 Å². The van der Waals surface area contributed by atoms with Crippen LogP contribution in [-0.4, -0.2) is 99.7 Å². The average molecular weight is 685 g/mol. The van der Waals surface area contributed by atoms with Gasteiger partial charge >= 0.3 is 12.0 Å². The first-order chi connectivity index (χ1) is 24.3. The molecule has 0 bridgehead atoms. The van der Waals surface area contributed by atoms with Crippen molar-refractivity contribution < 1.29 is 23.9 Å². The summed E-state index contributed by atoms with van der Waals surface area (Å²) in [6, 6.07) is 15.7. The lowest BCUT2D eigenvalue weighted by Crippen LogP contribution is -2.50. The zero-order chi connectivity index (χ0) is 34.9. The van der Waals surface area contributed by atoms with Crippen molar-refractivity contribution in [3.8, 4) is 0 Å². The highest BCUT2D eigenvalue weighted by atomic mass is 19.1. The third kappa shape index (κ3) is 8.64. The molecule has 3 amide bonds. The minimum absolute atomic E-state index is 0.0568. The molecule has 50 heavy (non-hydrogen) atoms. The Balaban J connectivity index is 0.989. The van der Waals surface area contributed by atoms with Crippen molar-refractivity contribution in [2.45, 2.75) is 31.7 Å². The van der Waals surface area contributed by atoms with Crippen molar-refractivity contribution in [3.05, 3.63) is 90.5 Å². The van der Waals surface area contributed by atoms with E-state index in [2.05, 4.69) is 52.9 Å². The van der Waals surface area contributed by atoms with Gasteiger partial charge in [-0.1, -0.05) is 30.3 Å². The third-order valence-electron chi connectivity index (χ3n) is 9.05. The molecule has 2 atom stereocenters. The molecule has 0 spiro atoms. The summed E-state index contributed by atoms with van der Waals surface area (Å²) in [7, 11) is 0. The lowest BCUT2D eigenvalue weighted by Gasteiger charge is -2.36. The van der Waals surface area contributed by atoms with Gasteiger partial charge in [0, 0.05) is 81.9 Å². The molecule has 0 radical (unpaired) electrons. The van der Waals surface area contributed by atoms with Crippen molar-refractivity contribution >= 4 is 40.9 Å². The minimum Gasteiger partial charge on any atom is -0.480 e. The van der Waals surface area contributed by atoms with Gasteiger partial charge in [0.25, 0.3) is 0 Å². The molecule has 15 heteroatoms. The summed E-state index contributed by atoms with van der Waals surface area (Å²) in [6.07, 6.45) is 6.36. The number of nitrogens with one attached hydrogen (secondary N) is 4. The number of carbonyl (C=O) groups is 3. The number of amides is 3. The summed E-state index contributed by atoms with van der Waals surface area (Å²) in [6.45, 7) is 3.79. The van der Waals surface area contributed by atoms with Crippen molar-refractivity contribution in [2.24, 2.45) is 5.92 Å². The Morgan fingerprint density at radius 2 is 1.76 bits per heavy atom. The molecular weight excluding hydrogens is 643 g/mol. The lowest BCUT2D eigenvalue weighted by molar-refractivity contribution is -0.142. The Kier molecular flexibility index (Phi) is 11.0. The number of nitrogens with zero attached hydrogens (tertiary/aromatic N) is 6. The predicted molar refractivity (Wildman–Crippen MR) is 187 cm³/mol. The summed E-state index contributed by atoms with van der Waals surface area (Å²) in [4.78, 5) is 59.3. The van der Waals surface area contributed by atoms with E-state index in [-0.39, 0.29) is 30.6 Å². The van der Waals surface area contributed by atoms with E-state index in [9.17, 15) is 19.5 Å². The number of hydrogen-bond donors (Lipinski definition) is 5. The summed E-state index contributed by atoms with van der Waals surface area (Å²) >= 11 is 0. The van der Waals surface area contributed by atoms with Crippen LogP contribution in [0.25, 0.3) is 0 Å². The fourth-order valence-electron chi connectivity index (χ4n) is 6.28. The average Bonchev–Trinajstić information content (AvgIpc) is 3.67. The molecule has 5 N–H and O–H groups in total. The van der Waals surface area contributed by atoms with E-state index >= 15 is 4.39 Å². The Morgan fingerprint density at radius 1 is 0.980 bits per heavy atom. The second kappa shape index (κ2) is 16.1. The number of aliphatic carboxylic acids is 1. The molecule has 4 heterocycles. The Labute approximate surface area is 289 Å². The number of halogens is 1. The molecule has 262 valence electrons. The number of imidazole rings is 1. The van der Waals surface area contributed by atoms with Crippen LogP contribution >= 0.6 is 0 Å². The second-order valence-corrected chi connectivity index (χ2v) is 12.4. The third-order valence-corrected chi connectivity index (χ3v) is 9.05. The number of piperidine rings is 1. The van der Waals surface area contributed by atoms with Crippen molar-refractivity contribution in [3.63, 3.8) is 0 Å². The quantitative estimate of drug-likeness (QED) is 0.149. The van der Waals surface area contributed by atoms with Crippen molar-refractivity contribution in [2.75, 3.05) is 66.2 Å². The monoisotopic (exact) mass is 684 g/mol. The maximum Gasteiger partial charge on any atom is 0.326 e. The molecule has 2 aliphatic rings. The van der Waals surface area contributed by atoms with Crippen molar-refractivity contribution in [1.82, 2.24) is 30.2 Å². The number of para-hydroxylation sites is 1. The van der Waals surface area contributed by atoms with Crippen LogP contribution < -0.4 is 25.8 Å². The fraction of sp³-hybridized carbons (Fsp3) is 0.371. The second-order valence-electron chi connectivity index (χ2n) is 12.4. The van der Waals surface area contributed by atoms with E-state index in [1.807, 2.05) is 18.2 Å². The van der Waals surface area contributed by atoms with Gasteiger partial charge in [-0.3, -0.25) is 4.79 Å². The van der Waals surface area contributed by atoms with Gasteiger partial charge in [0.2, 0.25) is 11.7 Å². The van der Waals surface area contributed by atoms with Crippen LogP contribution in [0.5, 0.6) is 0 Å². The Bertz CT molecular complexity index is 1730. The molecule has 4 aromatic rings. The SMILES string of the molecule is O=C(N[C@@H](Cc1ccc(NC(=O)N2CCN(c3ccccc3)CC2)cc1)C(=O)O)C1CCCN(c2ncnc(NCCc3cnc[nH]3)c2F)C1. The fourth-order valence-corrected chi connectivity index (χ4v) is 6.28. The number of anilines is 4. The van der Waals surface area contributed by atoms with Gasteiger partial charge in [-0.25, -0.2) is 24.5 Å². The van der Waals surface area contributed by atoms with Gasteiger partial charge in [0.1, 0.15) is 12.4 Å². The van der Waals surface area contributed by atoms with E-state index in [4.69, 9.17) is 0 Å². The van der Waals surface area contributed by atoms with Gasteiger partial charge in [-0.05, 0) is 42.7 Å². The topological polar surface area (TPSA) is 172 Å². The van der Waals surface area contributed by atoms with E-state index in [0.717, 1.165) is 24.5 Å². The van der Waals surface area contributed by atoms with Crippen LogP contribution in [0.4, 0.5) is 32.2 Å². The molecule has 2 aliphatic heterocycles. The molecule has 2 fully saturated rings. The summed E-state index contributed by atoms with van der Waals surface area (Å²) in [5, 5.41) is 18.5. The number of hydrogen-bond acceptors (Lipinski definition) is 9. The number of aromatic amines is 1. The molecule has 2 saturated heterocycles. The maximum absolute atomic E-state index is 15.4. The van der Waals surface area contributed by atoms with Gasteiger partial charge in [-0.2, -0.15) is 4.39 Å². The number of carboxylic acid groups (broad SMARTS) is 1. The number of carboxylic acids is 1. The molecule has 2 aromatic carbocycles. The predicted octanol–water partition coefficient (Wildman–Crippen LogP) is 3.38. The number of aromatic nitrogens is 4. The van der Waals surface area contributed by atoms with Gasteiger partial charge < -0.3 is 40.7 Å². The summed E-state index contributed by atoms with van der Waals surface area (Å²) in [5.41, 5.74) is 3.32. The van der Waals surface area contributed by atoms with Crippen LogP contribution in [0, 0.1) is 11.7 Å². The number of carbonyl (C=O) groups excluding carboxylic acids is 2. The highest BCUT2D eigenvalue weighted by Gasteiger charge is 2.31. The number of rotatable bonds is 12. The van der Waals surface area contributed by atoms with E-state index < -0.39 is 29.7 Å². The first-order valence-corrected chi connectivity index (χ1v) is 16.8. The molecule has 0 aliphatic carbocycles. The summed E-state index contributed by atoms with van der Waals surface area (Å²) in [5.74, 6) is -2.57. The molecule has 6 rings (SSSR count). The van der Waals surface area contributed by atoms with Crippen LogP contribution in [0.15, 0.2) is 73.4 Å². The Hall–Kier alpha value is -5.73. The highest BCUT2D eigenvalue weighted by molar-refractivity contribution is 5.89. The molecule has 2 aromatic heterocycles. The highest BCUT2D eigenvalue weighted by Crippen LogP contribution is 2.27. The van der Waals surface area contributed by atoms with E-state index in [1.54, 1.807) is 46.6 Å². The summed E-state index contributed by atoms with van der Waals surface area (Å²) < 4.78 is 15.4. The normalized spacial score (nSPS) is 16.8. The standard InChI is InChI=1S/C35H41FN10O4/c36-30-31(38-13-12-27-20-37-22-39-27)40-23-41-32(30)46-14-4-5-25(21-46)33(47)43-29(34(48)49)19-24-8-10-26(11-9-24)42-35(50)45-17-15-44(16-18-45)28-6-2-1-3-7-28/h1-3,6-11,20,22-23,25,29H,4-5,12-19,21H2,(H,37,39)(H,42,50)(H,43,47)(H,48,49)(H,38,40,41)/t25?,29-/m0/s1. The number of urea groups is 1. The Morgan fingerprint density at radius 3 is 2.48 bits per heavy atom. The smallest absolute Gasteiger partial charge is 0.326 e. The zero-order valence-corrected chi connectivity index (χ0v) is 27.6. The van der Waals surface area contributed by atoms with Crippen LogP contribution in [0.2, 0.25) is 0 Å². The maximum atomic E-state index is 15.4. The number of piperazine rings is 1. The van der Waals surface area contributed by atoms with Gasteiger partial charge in [0.15, 0.2) is 11.6 Å². The van der Waals surface area contributed by atoms with Gasteiger partial charge in [-0.15, -0.1) is 0 Å². The van der Waals surface area contributed by atoms with Crippen LogP contribution in [0.1, 0.15) is 24.1 Å². The largest absolute Gasteiger partial charge is 0.480 e. The van der Waals surface area contributed by atoms with E-state index in [1.165, 1.54) is 6.33 Å². The molecule has 1 unspecified atom stereocenters. The zero-order valence-electron chi connectivity index (χ0n) is 27.6. The van der Waals surface area contributed by atoms with Crippen molar-refractivity contribution in [1.29, 1.82) is 0 Å². The van der Waals surface area contributed by atoms with E-state index in [0.29, 0.717) is 56.7 Å². The number of H-pyrrole nitrogens is 1. The first-order valence-electron chi connectivity index (χ1n) is 16.8. The molecular formula is C35H41FN10O4. The number of benzene rings is 2. The van der Waals surface area contributed by atoms with Crippen LogP contribution in [0.3, 0.4) is 0 Å². The van der Waals surface area contributed by atoms with Crippen LogP contribution in [-0.2, 0) is 22.4 Å². The molecule has 14 nitrogen and oxygen atoms in total.